The molecular formula is C17H21N5O2. The van der Waals surface area contributed by atoms with Crippen LogP contribution in [0.15, 0.2) is 18.2 Å². The molecule has 0 aliphatic carbocycles. The number of benzene rings is 1. The molecule has 2 aromatic heterocycles. The molecule has 0 atom stereocenters. The Hall–Kier alpha value is -2.67. The average Bonchev–Trinajstić information content (AvgIpc) is 2.92. The number of nitrogens with two attached hydrogens (primary N) is 2. The third-order valence-electron chi connectivity index (χ3n) is 4.14. The molecule has 0 bridgehead atoms. The highest BCUT2D eigenvalue weighted by Gasteiger charge is 2.17. The molecule has 0 amide bonds. The first kappa shape index (κ1) is 16.2. The van der Waals surface area contributed by atoms with Crippen molar-refractivity contribution in [3.63, 3.8) is 0 Å². The van der Waals surface area contributed by atoms with Crippen LogP contribution in [0.4, 0.5) is 5.82 Å². The number of anilines is 1. The van der Waals surface area contributed by atoms with Gasteiger partial charge in [-0.2, -0.15) is 0 Å². The van der Waals surface area contributed by atoms with Crippen LogP contribution in [0.5, 0.6) is 0 Å². The van der Waals surface area contributed by atoms with Gasteiger partial charge in [0.1, 0.15) is 11.3 Å². The second-order valence-electron chi connectivity index (χ2n) is 5.80. The molecule has 0 unspecified atom stereocenters. The van der Waals surface area contributed by atoms with E-state index < -0.39 is 5.97 Å². The summed E-state index contributed by atoms with van der Waals surface area (Å²) in [5.41, 5.74) is 14.1. The van der Waals surface area contributed by atoms with Crippen LogP contribution in [0.1, 0.15) is 35.9 Å². The number of nitrogens with zero attached hydrogens (tertiary/aromatic N) is 3. The lowest BCUT2D eigenvalue weighted by molar-refractivity contribution is 0.0697. The van der Waals surface area contributed by atoms with E-state index in [1.54, 1.807) is 18.2 Å². The summed E-state index contributed by atoms with van der Waals surface area (Å²) in [7, 11) is 0. The summed E-state index contributed by atoms with van der Waals surface area (Å²) in [4.78, 5) is 20.2. The van der Waals surface area contributed by atoms with Crippen molar-refractivity contribution < 1.29 is 9.90 Å². The number of unbranched alkanes of at least 4 members (excludes halogenated alkanes) is 1. The van der Waals surface area contributed by atoms with Crippen molar-refractivity contribution in [3.8, 4) is 0 Å². The van der Waals surface area contributed by atoms with Crippen LogP contribution in [0.2, 0.25) is 0 Å². The minimum absolute atomic E-state index is 0.185. The van der Waals surface area contributed by atoms with E-state index in [4.69, 9.17) is 11.5 Å². The molecular weight excluding hydrogens is 306 g/mol. The van der Waals surface area contributed by atoms with Gasteiger partial charge in [-0.1, -0.05) is 13.3 Å². The average molecular weight is 327 g/mol. The van der Waals surface area contributed by atoms with Crippen molar-refractivity contribution >= 4 is 33.7 Å². The van der Waals surface area contributed by atoms with Gasteiger partial charge in [-0.05, 0) is 24.6 Å². The Labute approximate surface area is 139 Å². The molecule has 0 fully saturated rings. The van der Waals surface area contributed by atoms with Crippen LogP contribution in [-0.4, -0.2) is 32.2 Å². The Morgan fingerprint density at radius 2 is 2.12 bits per heavy atom. The van der Waals surface area contributed by atoms with Crippen molar-refractivity contribution in [1.29, 1.82) is 0 Å². The van der Waals surface area contributed by atoms with Crippen LogP contribution in [-0.2, 0) is 13.0 Å². The predicted molar refractivity (Wildman–Crippen MR) is 94.1 cm³/mol. The minimum atomic E-state index is -0.989. The molecule has 0 saturated heterocycles. The third-order valence-corrected chi connectivity index (χ3v) is 4.14. The van der Waals surface area contributed by atoms with Crippen LogP contribution in [0, 0.1) is 0 Å². The first-order chi connectivity index (χ1) is 11.6. The molecule has 126 valence electrons. The molecule has 24 heavy (non-hydrogen) atoms. The summed E-state index contributed by atoms with van der Waals surface area (Å²) < 4.78 is 2.09. The molecule has 7 nitrogen and oxygen atoms in total. The number of hydrogen-bond donors (Lipinski definition) is 3. The number of nitrogen functional groups attached to an aromatic ring is 1. The standard InChI is InChI=1S/C17H21N5O2/c1-2-3-4-13-21-14-15(22(13)8-7-18)11-6-5-10(17(23)24)9-12(11)20-16(14)19/h5-6,9H,2-4,7-8,18H2,1H3,(H2,19,20)(H,23,24). The summed E-state index contributed by atoms with van der Waals surface area (Å²) in [6.45, 7) is 3.25. The normalized spacial score (nSPS) is 11.4. The largest absolute Gasteiger partial charge is 0.478 e. The molecule has 0 aliphatic rings. The van der Waals surface area contributed by atoms with Crippen LogP contribution < -0.4 is 11.5 Å². The Bertz CT molecular complexity index is 916. The van der Waals surface area contributed by atoms with Gasteiger partial charge in [0, 0.05) is 24.9 Å². The molecule has 0 spiro atoms. The van der Waals surface area contributed by atoms with E-state index in [9.17, 15) is 9.90 Å². The van der Waals surface area contributed by atoms with Crippen molar-refractivity contribution in [3.05, 3.63) is 29.6 Å². The van der Waals surface area contributed by atoms with E-state index in [2.05, 4.69) is 21.5 Å². The number of aromatic nitrogens is 3. The maximum atomic E-state index is 11.2. The van der Waals surface area contributed by atoms with Crippen LogP contribution in [0.25, 0.3) is 21.9 Å². The number of carboxylic acid groups (broad SMARTS) is 1. The van der Waals surface area contributed by atoms with Gasteiger partial charge < -0.3 is 21.1 Å². The number of fused-ring (bicyclic) bond motifs is 3. The molecule has 1 aromatic carbocycles. The van der Waals surface area contributed by atoms with Crippen molar-refractivity contribution in [1.82, 2.24) is 14.5 Å². The highest BCUT2D eigenvalue weighted by Crippen LogP contribution is 2.29. The highest BCUT2D eigenvalue weighted by molar-refractivity contribution is 6.08. The van der Waals surface area contributed by atoms with Crippen molar-refractivity contribution in [2.45, 2.75) is 32.7 Å². The third kappa shape index (κ3) is 2.67. The van der Waals surface area contributed by atoms with E-state index in [1.807, 2.05) is 0 Å². The van der Waals surface area contributed by atoms with Crippen molar-refractivity contribution in [2.75, 3.05) is 12.3 Å². The fourth-order valence-electron chi connectivity index (χ4n) is 2.99. The Morgan fingerprint density at radius 3 is 2.79 bits per heavy atom. The number of carboxylic acids is 1. The SMILES string of the molecule is CCCCc1nc2c(N)nc3cc(C(=O)O)ccc3c2n1CCN. The van der Waals surface area contributed by atoms with Gasteiger partial charge >= 0.3 is 5.97 Å². The van der Waals surface area contributed by atoms with Gasteiger partial charge in [-0.25, -0.2) is 14.8 Å². The second kappa shape index (κ2) is 6.45. The molecule has 7 heteroatoms. The zero-order chi connectivity index (χ0) is 17.3. The van der Waals surface area contributed by atoms with Gasteiger partial charge in [0.05, 0.1) is 16.6 Å². The van der Waals surface area contributed by atoms with Gasteiger partial charge in [0.15, 0.2) is 5.82 Å². The Kier molecular flexibility index (Phi) is 4.35. The van der Waals surface area contributed by atoms with Crippen LogP contribution in [0.3, 0.4) is 0 Å². The maximum absolute atomic E-state index is 11.2. The fourth-order valence-corrected chi connectivity index (χ4v) is 2.99. The van der Waals surface area contributed by atoms with E-state index in [0.717, 1.165) is 36.0 Å². The summed E-state index contributed by atoms with van der Waals surface area (Å²) in [6.07, 6.45) is 2.95. The first-order valence-electron chi connectivity index (χ1n) is 8.08. The zero-order valence-electron chi connectivity index (χ0n) is 13.6. The van der Waals surface area contributed by atoms with Gasteiger partial charge in [-0.15, -0.1) is 0 Å². The predicted octanol–water partition coefficient (Wildman–Crippen LogP) is 2.17. The lowest BCUT2D eigenvalue weighted by Crippen LogP contribution is -2.13. The monoisotopic (exact) mass is 327 g/mol. The zero-order valence-corrected chi connectivity index (χ0v) is 13.6. The van der Waals surface area contributed by atoms with E-state index >= 15 is 0 Å². The molecule has 5 N–H and O–H groups in total. The fraction of sp³-hybridized carbons (Fsp3) is 0.353. The number of imidazole rings is 1. The molecule has 3 rings (SSSR count). The molecule has 2 heterocycles. The summed E-state index contributed by atoms with van der Waals surface area (Å²) in [5, 5.41) is 10.0. The maximum Gasteiger partial charge on any atom is 0.335 e. The van der Waals surface area contributed by atoms with Gasteiger partial charge in [-0.3, -0.25) is 0 Å². The van der Waals surface area contributed by atoms with E-state index in [0.29, 0.717) is 29.9 Å². The second-order valence-corrected chi connectivity index (χ2v) is 5.80. The summed E-state index contributed by atoms with van der Waals surface area (Å²) in [6, 6.07) is 4.89. The number of rotatable bonds is 6. The molecule has 0 aliphatic heterocycles. The van der Waals surface area contributed by atoms with Gasteiger partial charge in [0.2, 0.25) is 0 Å². The Balaban J connectivity index is 2.32. The van der Waals surface area contributed by atoms with Gasteiger partial charge in [0.25, 0.3) is 0 Å². The van der Waals surface area contributed by atoms with E-state index in [1.165, 1.54) is 0 Å². The summed E-state index contributed by atoms with van der Waals surface area (Å²) >= 11 is 0. The first-order valence-corrected chi connectivity index (χ1v) is 8.08. The number of pyridine rings is 1. The topological polar surface area (TPSA) is 120 Å². The summed E-state index contributed by atoms with van der Waals surface area (Å²) in [5.74, 6) is 0.269. The lowest BCUT2D eigenvalue weighted by Gasteiger charge is -2.09. The quantitative estimate of drug-likeness (QED) is 0.638. The van der Waals surface area contributed by atoms with E-state index in [-0.39, 0.29) is 5.56 Å². The lowest BCUT2D eigenvalue weighted by atomic mass is 10.1. The number of carbonyl (C=O) groups is 1. The molecule has 0 saturated carbocycles. The number of hydrogen-bond acceptors (Lipinski definition) is 5. The number of aromatic carboxylic acids is 1. The highest BCUT2D eigenvalue weighted by atomic mass is 16.4. The van der Waals surface area contributed by atoms with Crippen LogP contribution >= 0.6 is 0 Å². The smallest absolute Gasteiger partial charge is 0.335 e. The van der Waals surface area contributed by atoms with Crippen molar-refractivity contribution in [2.24, 2.45) is 5.73 Å². The molecule has 3 aromatic rings. The Morgan fingerprint density at radius 1 is 1.33 bits per heavy atom. The molecule has 0 radical (unpaired) electrons. The minimum Gasteiger partial charge on any atom is -0.478 e. The number of aryl methyl sites for hydroxylation is 1.